The number of benzene rings is 1. The number of aliphatic hydroxyl groups is 1. The van der Waals surface area contributed by atoms with E-state index in [0.29, 0.717) is 6.42 Å². The predicted octanol–water partition coefficient (Wildman–Crippen LogP) is 2.07. The first-order valence-corrected chi connectivity index (χ1v) is 5.37. The maximum atomic E-state index is 11.2. The van der Waals surface area contributed by atoms with Crippen LogP contribution in [-0.2, 0) is 9.53 Å². The number of esters is 1. The van der Waals surface area contributed by atoms with Gasteiger partial charge in [-0.3, -0.25) is 4.79 Å². The maximum Gasteiger partial charge on any atom is 0.306 e. The van der Waals surface area contributed by atoms with E-state index >= 15 is 0 Å². The number of carbonyl (C=O) groups is 1. The SMILES string of the molecule is CCC(=O)OC1C=Cc2ccccc2C1O. The lowest BCUT2D eigenvalue weighted by Gasteiger charge is -2.25. The molecule has 2 atom stereocenters. The molecule has 1 N–H and O–H groups in total. The molecule has 3 nitrogen and oxygen atoms in total. The van der Waals surface area contributed by atoms with Crippen molar-refractivity contribution in [2.75, 3.05) is 0 Å². The molecular weight excluding hydrogens is 204 g/mol. The molecule has 1 aromatic carbocycles. The molecule has 0 bridgehead atoms. The third-order valence-electron chi connectivity index (χ3n) is 2.65. The number of rotatable bonds is 2. The lowest BCUT2D eigenvalue weighted by Crippen LogP contribution is -2.25. The summed E-state index contributed by atoms with van der Waals surface area (Å²) < 4.78 is 5.13. The summed E-state index contributed by atoms with van der Waals surface area (Å²) in [5.74, 6) is -0.298. The lowest BCUT2D eigenvalue weighted by atomic mass is 9.93. The summed E-state index contributed by atoms with van der Waals surface area (Å²) in [5.41, 5.74) is 1.78. The minimum atomic E-state index is -0.767. The summed E-state index contributed by atoms with van der Waals surface area (Å²) in [6.07, 6.45) is 2.58. The summed E-state index contributed by atoms with van der Waals surface area (Å²) in [6.45, 7) is 1.73. The highest BCUT2D eigenvalue weighted by Gasteiger charge is 2.26. The first-order valence-electron chi connectivity index (χ1n) is 5.37. The van der Waals surface area contributed by atoms with Gasteiger partial charge in [0.05, 0.1) is 0 Å². The molecule has 2 rings (SSSR count). The zero-order valence-electron chi connectivity index (χ0n) is 9.09. The highest BCUT2D eigenvalue weighted by Crippen LogP contribution is 2.29. The van der Waals surface area contributed by atoms with Crippen molar-refractivity contribution in [2.24, 2.45) is 0 Å². The van der Waals surface area contributed by atoms with Gasteiger partial charge in [-0.1, -0.05) is 37.3 Å². The van der Waals surface area contributed by atoms with Crippen LogP contribution in [0, 0.1) is 0 Å². The Bertz CT molecular complexity index is 423. The molecule has 0 saturated carbocycles. The molecule has 1 aliphatic carbocycles. The van der Waals surface area contributed by atoms with Crippen LogP contribution in [-0.4, -0.2) is 17.2 Å². The average molecular weight is 218 g/mol. The molecule has 0 amide bonds. The fourth-order valence-corrected chi connectivity index (χ4v) is 1.75. The Balaban J connectivity index is 2.21. The van der Waals surface area contributed by atoms with Gasteiger partial charge in [0.1, 0.15) is 6.10 Å². The van der Waals surface area contributed by atoms with E-state index in [-0.39, 0.29) is 5.97 Å². The van der Waals surface area contributed by atoms with E-state index in [1.165, 1.54) is 0 Å². The Labute approximate surface area is 94.4 Å². The van der Waals surface area contributed by atoms with Gasteiger partial charge in [-0.25, -0.2) is 0 Å². The Morgan fingerprint density at radius 3 is 2.94 bits per heavy atom. The number of carbonyl (C=O) groups excluding carboxylic acids is 1. The van der Waals surface area contributed by atoms with Crippen LogP contribution in [0.2, 0.25) is 0 Å². The number of aliphatic hydroxyl groups excluding tert-OH is 1. The molecule has 16 heavy (non-hydrogen) atoms. The molecule has 84 valence electrons. The van der Waals surface area contributed by atoms with Crippen molar-refractivity contribution in [3.8, 4) is 0 Å². The van der Waals surface area contributed by atoms with Gasteiger partial charge in [0, 0.05) is 6.42 Å². The second-order valence-corrected chi connectivity index (χ2v) is 3.74. The zero-order chi connectivity index (χ0) is 11.5. The van der Waals surface area contributed by atoms with E-state index < -0.39 is 12.2 Å². The fraction of sp³-hybridized carbons (Fsp3) is 0.308. The van der Waals surface area contributed by atoms with E-state index in [1.54, 1.807) is 13.0 Å². The molecule has 1 aromatic rings. The van der Waals surface area contributed by atoms with Gasteiger partial charge in [0.2, 0.25) is 0 Å². The largest absolute Gasteiger partial charge is 0.455 e. The topological polar surface area (TPSA) is 46.5 Å². The molecule has 0 saturated heterocycles. The first kappa shape index (κ1) is 10.9. The molecule has 3 heteroatoms. The maximum absolute atomic E-state index is 11.2. The normalized spacial score (nSPS) is 22.6. The highest BCUT2D eigenvalue weighted by atomic mass is 16.6. The van der Waals surface area contributed by atoms with Crippen LogP contribution in [0.3, 0.4) is 0 Å². The average Bonchev–Trinajstić information content (AvgIpc) is 2.33. The van der Waals surface area contributed by atoms with Crippen LogP contribution in [0.15, 0.2) is 30.3 Å². The van der Waals surface area contributed by atoms with Gasteiger partial charge in [-0.15, -0.1) is 0 Å². The molecule has 0 fully saturated rings. The quantitative estimate of drug-likeness (QED) is 0.773. The van der Waals surface area contributed by atoms with Crippen LogP contribution in [0.5, 0.6) is 0 Å². The Morgan fingerprint density at radius 2 is 2.19 bits per heavy atom. The lowest BCUT2D eigenvalue weighted by molar-refractivity contribution is -0.151. The summed E-state index contributed by atoms with van der Waals surface area (Å²) in [5, 5.41) is 10.0. The van der Waals surface area contributed by atoms with Gasteiger partial charge < -0.3 is 9.84 Å². The van der Waals surface area contributed by atoms with Crippen molar-refractivity contribution >= 4 is 12.0 Å². The molecule has 1 aliphatic rings. The van der Waals surface area contributed by atoms with Gasteiger partial charge in [0.25, 0.3) is 0 Å². The predicted molar refractivity (Wildman–Crippen MR) is 60.6 cm³/mol. The van der Waals surface area contributed by atoms with Gasteiger partial charge in [-0.05, 0) is 17.2 Å². The second kappa shape index (κ2) is 4.49. The Hall–Kier alpha value is -1.61. The number of hydrogen-bond donors (Lipinski definition) is 1. The summed E-state index contributed by atoms with van der Waals surface area (Å²) in [7, 11) is 0. The van der Waals surface area contributed by atoms with Crippen molar-refractivity contribution in [3.05, 3.63) is 41.5 Å². The molecule has 0 spiro atoms. The van der Waals surface area contributed by atoms with Crippen LogP contribution in [0.4, 0.5) is 0 Å². The molecule has 2 unspecified atom stereocenters. The van der Waals surface area contributed by atoms with E-state index in [9.17, 15) is 9.90 Å². The molecule has 0 aliphatic heterocycles. The van der Waals surface area contributed by atoms with E-state index in [2.05, 4.69) is 0 Å². The zero-order valence-corrected chi connectivity index (χ0v) is 9.09. The van der Waals surface area contributed by atoms with Crippen molar-refractivity contribution in [1.82, 2.24) is 0 Å². The minimum Gasteiger partial charge on any atom is -0.455 e. The van der Waals surface area contributed by atoms with Crippen molar-refractivity contribution in [2.45, 2.75) is 25.6 Å². The molecule has 0 aromatic heterocycles. The number of ether oxygens (including phenoxy) is 1. The summed E-state index contributed by atoms with van der Waals surface area (Å²) in [6, 6.07) is 7.54. The first-order chi connectivity index (χ1) is 7.72. The Kier molecular flexibility index (Phi) is 3.06. The van der Waals surface area contributed by atoms with Gasteiger partial charge in [0.15, 0.2) is 6.10 Å². The summed E-state index contributed by atoms with van der Waals surface area (Å²) in [4.78, 5) is 11.2. The van der Waals surface area contributed by atoms with Crippen LogP contribution < -0.4 is 0 Å². The second-order valence-electron chi connectivity index (χ2n) is 3.74. The molecule has 0 radical (unpaired) electrons. The van der Waals surface area contributed by atoms with E-state index in [4.69, 9.17) is 4.74 Å². The molecular formula is C13H14O3. The van der Waals surface area contributed by atoms with Gasteiger partial charge >= 0.3 is 5.97 Å². The molecule has 0 heterocycles. The third kappa shape index (κ3) is 1.99. The van der Waals surface area contributed by atoms with Crippen LogP contribution in [0.25, 0.3) is 6.08 Å². The van der Waals surface area contributed by atoms with Crippen LogP contribution >= 0.6 is 0 Å². The van der Waals surface area contributed by atoms with E-state index in [0.717, 1.165) is 11.1 Å². The minimum absolute atomic E-state index is 0.298. The smallest absolute Gasteiger partial charge is 0.306 e. The highest BCUT2D eigenvalue weighted by molar-refractivity contribution is 5.70. The summed E-state index contributed by atoms with van der Waals surface area (Å²) >= 11 is 0. The fourth-order valence-electron chi connectivity index (χ4n) is 1.75. The third-order valence-corrected chi connectivity index (χ3v) is 2.65. The number of hydrogen-bond acceptors (Lipinski definition) is 3. The van der Waals surface area contributed by atoms with Gasteiger partial charge in [-0.2, -0.15) is 0 Å². The number of fused-ring (bicyclic) bond motifs is 1. The van der Waals surface area contributed by atoms with Crippen LogP contribution in [0.1, 0.15) is 30.6 Å². The van der Waals surface area contributed by atoms with Crippen molar-refractivity contribution in [3.63, 3.8) is 0 Å². The van der Waals surface area contributed by atoms with E-state index in [1.807, 2.05) is 30.3 Å². The standard InChI is InChI=1S/C13H14O3/c1-2-12(14)16-11-8-7-9-5-3-4-6-10(9)13(11)15/h3-8,11,13,15H,2H2,1H3. The Morgan fingerprint density at radius 1 is 1.44 bits per heavy atom. The monoisotopic (exact) mass is 218 g/mol. The van der Waals surface area contributed by atoms with Crippen molar-refractivity contribution in [1.29, 1.82) is 0 Å². The van der Waals surface area contributed by atoms with Crippen molar-refractivity contribution < 1.29 is 14.6 Å².